The zero-order valence-corrected chi connectivity index (χ0v) is 12.2. The molecule has 2 aliphatic heterocycles. The molecule has 1 N–H and O–H groups in total. The van der Waals surface area contributed by atoms with Crippen LogP contribution in [0.1, 0.15) is 25.8 Å². The largest absolute Gasteiger partial charge is 0.459 e. The van der Waals surface area contributed by atoms with Gasteiger partial charge in [0.15, 0.2) is 6.04 Å². The highest BCUT2D eigenvalue weighted by atomic mass is 16.5. The van der Waals surface area contributed by atoms with Gasteiger partial charge in [-0.2, -0.15) is 0 Å². The summed E-state index contributed by atoms with van der Waals surface area (Å²) in [6, 6.07) is 8.39. The lowest BCUT2D eigenvalue weighted by Gasteiger charge is -2.41. The number of hydrogen-bond donors (Lipinski definition) is 1. The third-order valence-electron chi connectivity index (χ3n) is 4.68. The first-order valence-electron chi connectivity index (χ1n) is 7.12. The molecule has 0 aromatic heterocycles. The van der Waals surface area contributed by atoms with Gasteiger partial charge in [-0.05, 0) is 5.56 Å². The number of nitrogens with zero attached hydrogens (tertiary/aromatic N) is 1. The summed E-state index contributed by atoms with van der Waals surface area (Å²) in [5, 5.41) is 10.4. The van der Waals surface area contributed by atoms with Gasteiger partial charge in [0, 0.05) is 17.9 Å². The van der Waals surface area contributed by atoms with Gasteiger partial charge >= 0.3 is 5.97 Å². The van der Waals surface area contributed by atoms with Crippen molar-refractivity contribution >= 4 is 11.9 Å². The number of carbonyl (C=O) groups is 2. The Morgan fingerprint density at radius 2 is 2.05 bits per heavy atom. The number of rotatable bonds is 3. The minimum atomic E-state index is -0.891. The molecule has 21 heavy (non-hydrogen) atoms. The summed E-state index contributed by atoms with van der Waals surface area (Å²) in [5.74, 6) is -0.624. The number of esters is 1. The third kappa shape index (κ3) is 2.12. The van der Waals surface area contributed by atoms with Crippen LogP contribution in [0.15, 0.2) is 30.3 Å². The summed E-state index contributed by atoms with van der Waals surface area (Å²) in [6.07, 6.45) is -0.496. The maximum atomic E-state index is 12.3. The van der Waals surface area contributed by atoms with Crippen LogP contribution < -0.4 is 0 Å². The van der Waals surface area contributed by atoms with E-state index >= 15 is 0 Å². The van der Waals surface area contributed by atoms with Crippen LogP contribution in [0.4, 0.5) is 0 Å². The first-order valence-corrected chi connectivity index (χ1v) is 7.12. The van der Waals surface area contributed by atoms with Crippen molar-refractivity contribution in [1.82, 2.24) is 4.90 Å². The molecular formula is C16H19NO4. The summed E-state index contributed by atoms with van der Waals surface area (Å²) in [4.78, 5) is 25.5. The number of amides is 1. The van der Waals surface area contributed by atoms with Crippen LogP contribution in [0.25, 0.3) is 0 Å². The Balaban J connectivity index is 1.71. The minimum absolute atomic E-state index is 0.0747. The van der Waals surface area contributed by atoms with Gasteiger partial charge in [-0.3, -0.25) is 4.79 Å². The monoisotopic (exact) mass is 289 g/mol. The summed E-state index contributed by atoms with van der Waals surface area (Å²) in [6.45, 7) is 3.91. The van der Waals surface area contributed by atoms with Crippen LogP contribution in [0.2, 0.25) is 0 Å². The molecule has 1 aromatic rings. The van der Waals surface area contributed by atoms with Crippen molar-refractivity contribution in [2.45, 2.75) is 45.1 Å². The van der Waals surface area contributed by atoms with Crippen LogP contribution >= 0.6 is 0 Å². The fourth-order valence-corrected chi connectivity index (χ4v) is 3.21. The zero-order valence-electron chi connectivity index (χ0n) is 12.2. The lowest BCUT2D eigenvalue weighted by molar-refractivity contribution is -0.163. The zero-order chi connectivity index (χ0) is 15.2. The number of hydrogen-bond acceptors (Lipinski definition) is 4. The number of aliphatic hydroxyl groups excluding tert-OH is 1. The predicted molar refractivity (Wildman–Crippen MR) is 75.1 cm³/mol. The smallest absolute Gasteiger partial charge is 0.331 e. The summed E-state index contributed by atoms with van der Waals surface area (Å²) < 4.78 is 5.28. The fourth-order valence-electron chi connectivity index (χ4n) is 3.21. The van der Waals surface area contributed by atoms with Crippen LogP contribution in [0.3, 0.4) is 0 Å². The van der Waals surface area contributed by atoms with E-state index in [1.165, 1.54) is 4.90 Å². The van der Waals surface area contributed by atoms with E-state index in [0.717, 1.165) is 5.56 Å². The van der Waals surface area contributed by atoms with E-state index in [-0.39, 0.29) is 18.6 Å². The molecule has 0 aliphatic carbocycles. The standard InChI is InChI=1S/C16H19NO4/c1-16(2)11-8-12(18)17(11)13(14(16)19)15(20)21-9-10-6-4-3-5-7-10/h3-7,11,13-14,19H,8-9H2,1-2H3/t11-,13?,14?/m1/s1. The van der Waals surface area contributed by atoms with Crippen LogP contribution in [-0.2, 0) is 20.9 Å². The van der Waals surface area contributed by atoms with Crippen LogP contribution in [0.5, 0.6) is 0 Å². The molecule has 0 bridgehead atoms. The SMILES string of the molecule is CC1(C)C(O)C(C(=O)OCc2ccccc2)N2C(=O)C[C@@H]21. The number of benzene rings is 1. The van der Waals surface area contributed by atoms with Crippen LogP contribution in [0, 0.1) is 5.41 Å². The van der Waals surface area contributed by atoms with Crippen LogP contribution in [-0.4, -0.2) is 40.1 Å². The van der Waals surface area contributed by atoms with Gasteiger partial charge in [-0.25, -0.2) is 4.79 Å². The molecule has 3 atom stereocenters. The Morgan fingerprint density at radius 3 is 2.67 bits per heavy atom. The number of ether oxygens (including phenoxy) is 1. The van der Waals surface area contributed by atoms with Crippen molar-refractivity contribution in [3.8, 4) is 0 Å². The van der Waals surface area contributed by atoms with Gasteiger partial charge in [0.2, 0.25) is 5.91 Å². The molecule has 2 aliphatic rings. The third-order valence-corrected chi connectivity index (χ3v) is 4.68. The van der Waals surface area contributed by atoms with Gasteiger partial charge in [-0.15, -0.1) is 0 Å². The second-order valence-electron chi connectivity index (χ2n) is 6.33. The van der Waals surface area contributed by atoms with E-state index < -0.39 is 23.5 Å². The van der Waals surface area contributed by atoms with E-state index in [9.17, 15) is 14.7 Å². The highest BCUT2D eigenvalue weighted by molar-refractivity contribution is 5.91. The normalized spacial score (nSPS) is 29.8. The number of β-lactam (4-membered cyclic amide) rings is 1. The maximum Gasteiger partial charge on any atom is 0.331 e. The Labute approximate surface area is 123 Å². The van der Waals surface area contributed by atoms with Crippen molar-refractivity contribution in [2.24, 2.45) is 5.41 Å². The lowest BCUT2D eigenvalue weighted by atomic mass is 9.78. The van der Waals surface area contributed by atoms with E-state index in [2.05, 4.69) is 0 Å². The molecule has 2 unspecified atom stereocenters. The van der Waals surface area contributed by atoms with Gasteiger partial charge in [-0.1, -0.05) is 44.2 Å². The first kappa shape index (κ1) is 14.1. The number of fused-ring (bicyclic) bond motifs is 1. The molecule has 112 valence electrons. The maximum absolute atomic E-state index is 12.3. The number of aliphatic hydroxyl groups is 1. The molecule has 2 fully saturated rings. The molecule has 2 heterocycles. The quantitative estimate of drug-likeness (QED) is 0.668. The average Bonchev–Trinajstić information content (AvgIpc) is 2.63. The molecule has 0 saturated carbocycles. The molecule has 5 heteroatoms. The fraction of sp³-hybridized carbons (Fsp3) is 0.500. The van der Waals surface area contributed by atoms with Gasteiger partial charge in [0.1, 0.15) is 6.61 Å². The Hall–Kier alpha value is -1.88. The minimum Gasteiger partial charge on any atom is -0.459 e. The molecule has 3 rings (SSSR count). The predicted octanol–water partition coefficient (Wildman–Crippen LogP) is 1.10. The van der Waals surface area contributed by atoms with E-state index in [1.807, 2.05) is 44.2 Å². The van der Waals surface area contributed by atoms with E-state index in [4.69, 9.17) is 4.74 Å². The van der Waals surface area contributed by atoms with Crippen molar-refractivity contribution < 1.29 is 19.4 Å². The average molecular weight is 289 g/mol. The molecule has 5 nitrogen and oxygen atoms in total. The summed E-state index contributed by atoms with van der Waals surface area (Å²) >= 11 is 0. The topological polar surface area (TPSA) is 66.8 Å². The summed E-state index contributed by atoms with van der Waals surface area (Å²) in [5.41, 5.74) is 0.397. The Morgan fingerprint density at radius 1 is 1.38 bits per heavy atom. The lowest BCUT2D eigenvalue weighted by Crippen LogP contribution is -2.57. The number of carbonyl (C=O) groups excluding carboxylic acids is 2. The molecule has 0 spiro atoms. The molecule has 2 saturated heterocycles. The Kier molecular flexibility index (Phi) is 3.24. The second-order valence-corrected chi connectivity index (χ2v) is 6.33. The van der Waals surface area contributed by atoms with Crippen molar-refractivity contribution in [3.05, 3.63) is 35.9 Å². The molecule has 1 amide bonds. The van der Waals surface area contributed by atoms with E-state index in [0.29, 0.717) is 6.42 Å². The highest BCUT2D eigenvalue weighted by Crippen LogP contribution is 2.48. The Bertz CT molecular complexity index is 569. The molecule has 0 radical (unpaired) electrons. The van der Waals surface area contributed by atoms with Crippen molar-refractivity contribution in [2.75, 3.05) is 0 Å². The van der Waals surface area contributed by atoms with Gasteiger partial charge < -0.3 is 14.7 Å². The van der Waals surface area contributed by atoms with Crippen molar-refractivity contribution in [3.63, 3.8) is 0 Å². The molecule has 1 aromatic carbocycles. The van der Waals surface area contributed by atoms with Gasteiger partial charge in [0.25, 0.3) is 0 Å². The van der Waals surface area contributed by atoms with E-state index in [1.54, 1.807) is 0 Å². The highest BCUT2D eigenvalue weighted by Gasteiger charge is 2.63. The van der Waals surface area contributed by atoms with Crippen molar-refractivity contribution in [1.29, 1.82) is 0 Å². The summed E-state index contributed by atoms with van der Waals surface area (Å²) in [7, 11) is 0. The molecular weight excluding hydrogens is 270 g/mol. The second kappa shape index (κ2) is 4.84. The first-order chi connectivity index (χ1) is 9.93. The van der Waals surface area contributed by atoms with Gasteiger partial charge in [0.05, 0.1) is 6.10 Å².